The summed E-state index contributed by atoms with van der Waals surface area (Å²) in [6, 6.07) is 8.25. The molecule has 0 saturated carbocycles. The molecule has 1 amide bonds. The summed E-state index contributed by atoms with van der Waals surface area (Å²) in [7, 11) is 0. The molecule has 2 N–H and O–H groups in total. The van der Waals surface area contributed by atoms with Crippen LogP contribution in [-0.4, -0.2) is 5.91 Å². The summed E-state index contributed by atoms with van der Waals surface area (Å²) in [5.74, 6) is 0.785. The Kier molecular flexibility index (Phi) is 4.34. The van der Waals surface area contributed by atoms with E-state index in [2.05, 4.69) is 50.5 Å². The third-order valence-electron chi connectivity index (χ3n) is 6.56. The van der Waals surface area contributed by atoms with E-state index in [0.29, 0.717) is 11.3 Å². The minimum absolute atomic E-state index is 0.0812. The van der Waals surface area contributed by atoms with Crippen LogP contribution in [0, 0.1) is 18.3 Å². The number of carbonyl (C=O) groups is 1. The summed E-state index contributed by atoms with van der Waals surface area (Å²) in [4.78, 5) is 14.3. The molecule has 0 saturated heterocycles. The van der Waals surface area contributed by atoms with E-state index in [9.17, 15) is 4.79 Å². The van der Waals surface area contributed by atoms with Gasteiger partial charge in [-0.3, -0.25) is 4.79 Å². The van der Waals surface area contributed by atoms with Crippen molar-refractivity contribution in [2.45, 2.75) is 59.5 Å². The molecule has 0 bridgehead atoms. The van der Waals surface area contributed by atoms with Crippen LogP contribution in [0.3, 0.4) is 0 Å². The van der Waals surface area contributed by atoms with Crippen molar-refractivity contribution in [3.05, 3.63) is 51.4 Å². The first-order chi connectivity index (χ1) is 12.4. The predicted molar refractivity (Wildman–Crippen MR) is 109 cm³/mol. The number of fused-ring (bicyclic) bond motifs is 3. The number of anilines is 1. The maximum atomic E-state index is 12.9. The number of aryl methyl sites for hydroxylation is 1. The number of rotatable bonds is 3. The molecule has 26 heavy (non-hydrogen) atoms. The third kappa shape index (κ3) is 2.84. The molecule has 1 aliphatic heterocycles. The summed E-state index contributed by atoms with van der Waals surface area (Å²) < 4.78 is 0. The van der Waals surface area contributed by atoms with Crippen molar-refractivity contribution < 1.29 is 4.79 Å². The molecule has 2 heterocycles. The highest BCUT2D eigenvalue weighted by Gasteiger charge is 2.37. The fraction of sp³-hybridized carbons (Fsp3) is 0.500. The van der Waals surface area contributed by atoms with Crippen LogP contribution in [0.1, 0.15) is 71.7 Å². The Labute approximate surface area is 160 Å². The van der Waals surface area contributed by atoms with E-state index < -0.39 is 0 Å². The minimum atomic E-state index is -0.140. The number of benzene rings is 1. The molecule has 0 fully saturated rings. The van der Waals surface area contributed by atoms with Gasteiger partial charge in [0, 0.05) is 4.88 Å². The second-order valence-electron chi connectivity index (χ2n) is 8.40. The highest BCUT2D eigenvalue weighted by atomic mass is 32.1. The van der Waals surface area contributed by atoms with Gasteiger partial charge in [0.25, 0.3) is 5.91 Å². The van der Waals surface area contributed by atoms with Crippen molar-refractivity contribution >= 4 is 22.2 Å². The van der Waals surface area contributed by atoms with Gasteiger partial charge < -0.3 is 10.6 Å². The van der Waals surface area contributed by atoms with Crippen molar-refractivity contribution in [3.8, 4) is 0 Å². The minimum Gasteiger partial charge on any atom is -0.353 e. The standard InChI is InChI=1S/C22H28N2OS/c1-5-22(3,4)14-10-11-16-17(12-14)26-21-18(16)20(25)23-19(24-21)15-9-7-6-8-13(15)2/h6-9,14,19,24H,5,10-12H2,1-4H3,(H,23,25). The number of amides is 1. The Morgan fingerprint density at radius 1 is 1.23 bits per heavy atom. The molecule has 2 atom stereocenters. The average Bonchev–Trinajstić information content (AvgIpc) is 3.00. The molecule has 1 aliphatic carbocycles. The first kappa shape index (κ1) is 17.6. The molecule has 3 nitrogen and oxygen atoms in total. The van der Waals surface area contributed by atoms with Crippen molar-refractivity contribution in [1.82, 2.24) is 5.32 Å². The zero-order valence-corrected chi connectivity index (χ0v) is 16.9. The molecule has 1 aromatic carbocycles. The molecule has 4 heteroatoms. The van der Waals surface area contributed by atoms with E-state index in [4.69, 9.17) is 0 Å². The van der Waals surface area contributed by atoms with Crippen molar-refractivity contribution in [1.29, 1.82) is 0 Å². The van der Waals surface area contributed by atoms with Gasteiger partial charge in [-0.05, 0) is 54.2 Å². The Hall–Kier alpha value is -1.81. The van der Waals surface area contributed by atoms with Crippen LogP contribution < -0.4 is 10.6 Å². The largest absolute Gasteiger partial charge is 0.353 e. The summed E-state index contributed by atoms with van der Waals surface area (Å²) in [6.45, 7) is 9.15. The van der Waals surface area contributed by atoms with Gasteiger partial charge in [0.05, 0.1) is 5.56 Å². The fourth-order valence-corrected chi connectivity index (χ4v) is 5.67. The van der Waals surface area contributed by atoms with Gasteiger partial charge in [0.15, 0.2) is 0 Å². The number of carbonyl (C=O) groups excluding carboxylic acids is 1. The molecule has 1 aromatic heterocycles. The van der Waals surface area contributed by atoms with E-state index in [0.717, 1.165) is 29.0 Å². The maximum absolute atomic E-state index is 12.9. The lowest BCUT2D eigenvalue weighted by atomic mass is 9.69. The predicted octanol–water partition coefficient (Wildman–Crippen LogP) is 5.45. The van der Waals surface area contributed by atoms with E-state index in [1.165, 1.54) is 28.8 Å². The zero-order valence-electron chi connectivity index (χ0n) is 16.1. The van der Waals surface area contributed by atoms with Crippen LogP contribution >= 0.6 is 11.3 Å². The Morgan fingerprint density at radius 2 is 2.00 bits per heavy atom. The van der Waals surface area contributed by atoms with Crippen molar-refractivity contribution in [3.63, 3.8) is 0 Å². The van der Waals surface area contributed by atoms with Gasteiger partial charge in [0.2, 0.25) is 0 Å². The van der Waals surface area contributed by atoms with Gasteiger partial charge in [-0.15, -0.1) is 11.3 Å². The summed E-state index contributed by atoms with van der Waals surface area (Å²) in [5, 5.41) is 7.83. The Morgan fingerprint density at radius 3 is 2.73 bits per heavy atom. The summed E-state index contributed by atoms with van der Waals surface area (Å²) in [5.41, 5.74) is 4.90. The first-order valence-electron chi connectivity index (χ1n) is 9.68. The normalized spacial score (nSPS) is 22.2. The van der Waals surface area contributed by atoms with E-state index in [1.54, 1.807) is 11.3 Å². The van der Waals surface area contributed by atoms with Gasteiger partial charge in [-0.25, -0.2) is 0 Å². The van der Waals surface area contributed by atoms with Gasteiger partial charge in [-0.2, -0.15) is 0 Å². The van der Waals surface area contributed by atoms with Crippen molar-refractivity contribution in [2.24, 2.45) is 11.3 Å². The quantitative estimate of drug-likeness (QED) is 0.756. The van der Waals surface area contributed by atoms with Crippen LogP contribution in [-0.2, 0) is 12.8 Å². The topological polar surface area (TPSA) is 41.1 Å². The lowest BCUT2D eigenvalue weighted by Crippen LogP contribution is -2.38. The number of nitrogens with one attached hydrogen (secondary N) is 2. The highest BCUT2D eigenvalue weighted by Crippen LogP contribution is 2.47. The second kappa shape index (κ2) is 6.41. The maximum Gasteiger partial charge on any atom is 0.256 e. The summed E-state index contributed by atoms with van der Waals surface area (Å²) >= 11 is 1.80. The molecule has 2 aliphatic rings. The van der Waals surface area contributed by atoms with Crippen LogP contribution in [0.2, 0.25) is 0 Å². The second-order valence-corrected chi connectivity index (χ2v) is 9.50. The van der Waals surface area contributed by atoms with E-state index in [1.807, 2.05) is 12.1 Å². The number of hydrogen-bond acceptors (Lipinski definition) is 3. The van der Waals surface area contributed by atoms with E-state index in [-0.39, 0.29) is 12.1 Å². The molecule has 2 unspecified atom stereocenters. The average molecular weight is 369 g/mol. The fourth-order valence-electron chi connectivity index (χ4n) is 4.32. The lowest BCUT2D eigenvalue weighted by molar-refractivity contribution is 0.0934. The SMILES string of the molecule is CCC(C)(C)C1CCc2c(sc3c2C(=O)NC(c2ccccc2C)N3)C1. The molecule has 4 rings (SSSR count). The van der Waals surface area contributed by atoms with Crippen LogP contribution in [0.5, 0.6) is 0 Å². The van der Waals surface area contributed by atoms with Crippen LogP contribution in [0.15, 0.2) is 24.3 Å². The molecule has 0 spiro atoms. The van der Waals surface area contributed by atoms with Crippen LogP contribution in [0.25, 0.3) is 0 Å². The molecular weight excluding hydrogens is 340 g/mol. The molecule has 138 valence electrons. The van der Waals surface area contributed by atoms with Gasteiger partial charge in [0.1, 0.15) is 11.2 Å². The zero-order chi connectivity index (χ0) is 18.5. The van der Waals surface area contributed by atoms with Crippen LogP contribution in [0.4, 0.5) is 5.00 Å². The van der Waals surface area contributed by atoms with Gasteiger partial charge >= 0.3 is 0 Å². The van der Waals surface area contributed by atoms with Crippen molar-refractivity contribution in [2.75, 3.05) is 5.32 Å². The Balaban J connectivity index is 1.65. The summed E-state index contributed by atoms with van der Waals surface area (Å²) in [6.07, 6.45) is 4.38. The molecular formula is C22H28N2OS. The Bertz CT molecular complexity index is 852. The molecule has 0 radical (unpaired) electrons. The number of hydrogen-bond donors (Lipinski definition) is 2. The number of thiophene rings is 1. The highest BCUT2D eigenvalue weighted by molar-refractivity contribution is 7.16. The smallest absolute Gasteiger partial charge is 0.256 e. The van der Waals surface area contributed by atoms with E-state index >= 15 is 0 Å². The monoisotopic (exact) mass is 368 g/mol. The van der Waals surface area contributed by atoms with Gasteiger partial charge in [-0.1, -0.05) is 51.5 Å². The first-order valence-corrected chi connectivity index (χ1v) is 10.5. The lowest BCUT2D eigenvalue weighted by Gasteiger charge is -2.36. The third-order valence-corrected chi connectivity index (χ3v) is 7.74. The molecule has 2 aromatic rings.